The fraction of sp³-hybridized carbons (Fsp3) is 0.571. The Morgan fingerprint density at radius 2 is 1.85 bits per heavy atom. The zero-order chi connectivity index (χ0) is 14.8. The summed E-state index contributed by atoms with van der Waals surface area (Å²) in [5.74, 6) is 1.28. The summed E-state index contributed by atoms with van der Waals surface area (Å²) >= 11 is 0. The smallest absolute Gasteiger partial charge is 0.161 e. The van der Waals surface area contributed by atoms with Gasteiger partial charge in [0.25, 0.3) is 0 Å². The van der Waals surface area contributed by atoms with Crippen molar-refractivity contribution in [3.8, 4) is 11.5 Å². The zero-order valence-electron chi connectivity index (χ0n) is 12.0. The van der Waals surface area contributed by atoms with E-state index in [2.05, 4.69) is 10.0 Å². The van der Waals surface area contributed by atoms with E-state index in [0.717, 1.165) is 12.8 Å². The maximum Gasteiger partial charge on any atom is 0.161 e. The van der Waals surface area contributed by atoms with Crippen LogP contribution in [0.15, 0.2) is 23.3 Å². The highest BCUT2D eigenvalue weighted by Gasteiger charge is 2.12. The molecule has 6 heteroatoms. The molecule has 0 aliphatic heterocycles. The van der Waals surface area contributed by atoms with Gasteiger partial charge in [-0.3, -0.25) is 0 Å². The zero-order valence-corrected chi connectivity index (χ0v) is 12.0. The van der Waals surface area contributed by atoms with Gasteiger partial charge in [0.15, 0.2) is 11.5 Å². The summed E-state index contributed by atoms with van der Waals surface area (Å²) in [6, 6.07) is 5.26. The van der Waals surface area contributed by atoms with Gasteiger partial charge in [-0.15, -0.1) is 0 Å². The molecule has 6 nitrogen and oxygen atoms in total. The lowest BCUT2D eigenvalue weighted by atomic mass is 10.1. The fourth-order valence-electron chi connectivity index (χ4n) is 1.61. The first-order valence-electron chi connectivity index (χ1n) is 6.81. The molecule has 0 heterocycles. The third-order valence-electron chi connectivity index (χ3n) is 2.59. The van der Waals surface area contributed by atoms with Gasteiger partial charge >= 0.3 is 0 Å². The van der Waals surface area contributed by atoms with Crippen LogP contribution in [-0.2, 0) is 0 Å². The first-order valence-corrected chi connectivity index (χ1v) is 6.81. The number of rotatable bonds is 9. The van der Waals surface area contributed by atoms with Gasteiger partial charge in [-0.1, -0.05) is 25.0 Å². The van der Waals surface area contributed by atoms with Crippen LogP contribution in [0.25, 0.3) is 10.4 Å². The van der Waals surface area contributed by atoms with E-state index in [1.54, 1.807) is 18.2 Å². The van der Waals surface area contributed by atoms with E-state index >= 15 is 0 Å². The van der Waals surface area contributed by atoms with Crippen molar-refractivity contribution >= 4 is 0 Å². The molecule has 1 aromatic rings. The first-order chi connectivity index (χ1) is 9.72. The number of hydrogen-bond acceptors (Lipinski definition) is 4. The van der Waals surface area contributed by atoms with Crippen LogP contribution in [0.2, 0.25) is 0 Å². The fourth-order valence-corrected chi connectivity index (χ4v) is 1.61. The highest BCUT2D eigenvalue weighted by molar-refractivity contribution is 5.43. The predicted molar refractivity (Wildman–Crippen MR) is 77.0 cm³/mol. The molecule has 0 saturated carbocycles. The minimum absolute atomic E-state index is 0.00111. The molecule has 20 heavy (non-hydrogen) atoms. The van der Waals surface area contributed by atoms with Gasteiger partial charge in [0, 0.05) is 4.91 Å². The molecule has 1 rings (SSSR count). The molecule has 110 valence electrons. The highest BCUT2D eigenvalue weighted by Crippen LogP contribution is 2.31. The maximum atomic E-state index is 9.91. The van der Waals surface area contributed by atoms with Crippen LogP contribution < -0.4 is 9.47 Å². The van der Waals surface area contributed by atoms with Gasteiger partial charge < -0.3 is 14.6 Å². The molecule has 1 N–H and O–H groups in total. The summed E-state index contributed by atoms with van der Waals surface area (Å²) in [4.78, 5) is 2.64. The number of aliphatic hydroxyl groups is 1. The summed E-state index contributed by atoms with van der Waals surface area (Å²) in [6.07, 6.45) is 0.961. The predicted octanol–water partition coefficient (Wildman–Crippen LogP) is 3.61. The molecular formula is C14H21N3O3. The number of hydrogen-bond donors (Lipinski definition) is 1. The molecule has 0 amide bonds. The van der Waals surface area contributed by atoms with E-state index in [9.17, 15) is 5.11 Å². The van der Waals surface area contributed by atoms with Gasteiger partial charge in [0.1, 0.15) is 0 Å². The molecule has 0 spiro atoms. The van der Waals surface area contributed by atoms with E-state index in [-0.39, 0.29) is 6.54 Å². The lowest BCUT2D eigenvalue weighted by molar-refractivity contribution is 0.185. The second-order valence-electron chi connectivity index (χ2n) is 4.33. The molecular weight excluding hydrogens is 258 g/mol. The number of ether oxygens (including phenoxy) is 2. The molecule has 0 aliphatic carbocycles. The molecule has 0 radical (unpaired) electrons. The van der Waals surface area contributed by atoms with Crippen LogP contribution in [0.1, 0.15) is 38.4 Å². The largest absolute Gasteiger partial charge is 0.490 e. The first kappa shape index (κ1) is 16.1. The van der Waals surface area contributed by atoms with Crippen molar-refractivity contribution in [1.29, 1.82) is 0 Å². The third-order valence-corrected chi connectivity index (χ3v) is 2.59. The quantitative estimate of drug-likeness (QED) is 0.425. The van der Waals surface area contributed by atoms with E-state index < -0.39 is 6.10 Å². The lowest BCUT2D eigenvalue weighted by Gasteiger charge is -2.15. The summed E-state index contributed by atoms with van der Waals surface area (Å²) < 4.78 is 11.2. The van der Waals surface area contributed by atoms with Gasteiger partial charge in [-0.2, -0.15) is 0 Å². The van der Waals surface area contributed by atoms with Crippen molar-refractivity contribution in [2.45, 2.75) is 32.8 Å². The molecule has 0 saturated heterocycles. The Hall–Kier alpha value is -1.91. The second kappa shape index (κ2) is 9.07. The van der Waals surface area contributed by atoms with Gasteiger partial charge in [0.2, 0.25) is 0 Å². The molecule has 0 aromatic heterocycles. The molecule has 1 aromatic carbocycles. The van der Waals surface area contributed by atoms with Gasteiger partial charge in [-0.25, -0.2) is 0 Å². The normalized spacial score (nSPS) is 11.6. The van der Waals surface area contributed by atoms with Crippen LogP contribution in [0.5, 0.6) is 11.5 Å². The average molecular weight is 279 g/mol. The number of azide groups is 1. The summed E-state index contributed by atoms with van der Waals surface area (Å²) in [7, 11) is 0. The Kier molecular flexibility index (Phi) is 7.32. The Labute approximate surface area is 119 Å². The van der Waals surface area contributed by atoms with Crippen molar-refractivity contribution in [2.24, 2.45) is 5.11 Å². The second-order valence-corrected chi connectivity index (χ2v) is 4.33. The van der Waals surface area contributed by atoms with Crippen molar-refractivity contribution in [3.05, 3.63) is 34.2 Å². The average Bonchev–Trinajstić information content (AvgIpc) is 2.48. The summed E-state index contributed by atoms with van der Waals surface area (Å²) in [6.45, 7) is 5.25. The third kappa shape index (κ3) is 4.99. The van der Waals surface area contributed by atoms with Crippen LogP contribution in [0.4, 0.5) is 0 Å². The molecule has 0 aliphatic rings. The summed E-state index contributed by atoms with van der Waals surface area (Å²) in [5.41, 5.74) is 8.92. The van der Waals surface area contributed by atoms with Crippen molar-refractivity contribution < 1.29 is 14.6 Å². The standard InChI is InChI=1S/C14H21N3O3/c1-3-7-19-13-6-5-11(12(18)10-16-17-15)9-14(13)20-8-4-2/h5-6,9,12,18H,3-4,7-8,10H2,1-2H3/t12-/m0/s1. The minimum Gasteiger partial charge on any atom is -0.490 e. The van der Waals surface area contributed by atoms with Crippen LogP contribution in [0, 0.1) is 0 Å². The van der Waals surface area contributed by atoms with E-state index in [0.29, 0.717) is 30.3 Å². The van der Waals surface area contributed by atoms with Gasteiger partial charge in [-0.05, 0) is 36.1 Å². The van der Waals surface area contributed by atoms with Crippen molar-refractivity contribution in [3.63, 3.8) is 0 Å². The lowest BCUT2D eigenvalue weighted by Crippen LogP contribution is -2.05. The Morgan fingerprint density at radius 1 is 1.20 bits per heavy atom. The Morgan fingerprint density at radius 3 is 2.45 bits per heavy atom. The monoisotopic (exact) mass is 279 g/mol. The Bertz CT molecular complexity index is 459. The summed E-state index contributed by atoms with van der Waals surface area (Å²) in [5, 5.41) is 13.3. The maximum absolute atomic E-state index is 9.91. The number of nitrogens with zero attached hydrogens (tertiary/aromatic N) is 3. The minimum atomic E-state index is -0.838. The number of benzene rings is 1. The van der Waals surface area contributed by atoms with Crippen molar-refractivity contribution in [2.75, 3.05) is 19.8 Å². The van der Waals surface area contributed by atoms with Crippen LogP contribution in [0.3, 0.4) is 0 Å². The molecule has 0 fully saturated rings. The van der Waals surface area contributed by atoms with Crippen molar-refractivity contribution in [1.82, 2.24) is 0 Å². The molecule has 0 unspecified atom stereocenters. The van der Waals surface area contributed by atoms with E-state index in [1.165, 1.54) is 0 Å². The molecule has 0 bridgehead atoms. The SMILES string of the molecule is CCCOc1ccc([C@@H](O)CN=[N+]=[N-])cc1OCCC. The number of aliphatic hydroxyl groups excluding tert-OH is 1. The van der Waals surface area contributed by atoms with E-state index in [4.69, 9.17) is 15.0 Å². The van der Waals surface area contributed by atoms with Gasteiger partial charge in [0.05, 0.1) is 25.9 Å². The highest BCUT2D eigenvalue weighted by atomic mass is 16.5. The van der Waals surface area contributed by atoms with Crippen LogP contribution >= 0.6 is 0 Å². The Balaban J connectivity index is 2.90. The topological polar surface area (TPSA) is 87.5 Å². The van der Waals surface area contributed by atoms with Crippen LogP contribution in [-0.4, -0.2) is 24.9 Å². The molecule has 1 atom stereocenters. The van der Waals surface area contributed by atoms with E-state index in [1.807, 2.05) is 13.8 Å².